The Labute approximate surface area is 157 Å². The quantitative estimate of drug-likeness (QED) is 0.459. The summed E-state index contributed by atoms with van der Waals surface area (Å²) in [6.45, 7) is 0. The van der Waals surface area contributed by atoms with Crippen molar-refractivity contribution in [3.63, 3.8) is 0 Å². The molecule has 25 heavy (non-hydrogen) atoms. The summed E-state index contributed by atoms with van der Waals surface area (Å²) < 4.78 is 0. The Morgan fingerprint density at radius 3 is 2.72 bits per heavy atom. The second kappa shape index (κ2) is 5.79. The fourth-order valence-corrected chi connectivity index (χ4v) is 4.87. The summed E-state index contributed by atoms with van der Waals surface area (Å²) in [4.78, 5) is 0. The summed E-state index contributed by atoms with van der Waals surface area (Å²) in [6, 6.07) is 19.1. The van der Waals surface area contributed by atoms with Crippen LogP contribution in [0.1, 0.15) is 29.5 Å². The fraction of sp³-hybridized carbons (Fsp3) is 0.182. The molecule has 5 rings (SSSR count). The van der Waals surface area contributed by atoms with E-state index in [4.69, 9.17) is 23.2 Å². The van der Waals surface area contributed by atoms with Gasteiger partial charge in [-0.1, -0.05) is 77.8 Å². The molecule has 3 unspecified atom stereocenters. The van der Waals surface area contributed by atoms with Gasteiger partial charge in [0.25, 0.3) is 0 Å². The van der Waals surface area contributed by atoms with Crippen LogP contribution in [0.3, 0.4) is 0 Å². The zero-order chi connectivity index (χ0) is 17.0. The van der Waals surface area contributed by atoms with Crippen molar-refractivity contribution in [1.29, 1.82) is 0 Å². The van der Waals surface area contributed by atoms with Crippen molar-refractivity contribution >= 4 is 39.7 Å². The molecule has 3 aromatic rings. The Morgan fingerprint density at radius 2 is 1.80 bits per heavy atom. The van der Waals surface area contributed by atoms with Crippen LogP contribution in [-0.2, 0) is 0 Å². The van der Waals surface area contributed by atoms with Crippen LogP contribution < -0.4 is 5.32 Å². The van der Waals surface area contributed by atoms with E-state index < -0.39 is 0 Å². The highest BCUT2D eigenvalue weighted by atomic mass is 35.5. The number of anilines is 1. The number of fused-ring (bicyclic) bond motifs is 5. The maximum atomic E-state index is 6.55. The van der Waals surface area contributed by atoms with Crippen molar-refractivity contribution in [2.75, 3.05) is 5.32 Å². The lowest BCUT2D eigenvalue weighted by molar-refractivity contribution is 0.427. The molecule has 0 aromatic heterocycles. The number of nitrogens with one attached hydrogen (secondary N) is 1. The minimum atomic E-state index is 0.167. The zero-order valence-corrected chi connectivity index (χ0v) is 15.1. The van der Waals surface area contributed by atoms with E-state index in [1.165, 1.54) is 22.0 Å². The number of allylic oxidation sites excluding steroid dienone is 2. The highest BCUT2D eigenvalue weighted by molar-refractivity contribution is 6.42. The first-order valence-electron chi connectivity index (χ1n) is 8.63. The number of halogens is 2. The topological polar surface area (TPSA) is 12.0 Å². The molecule has 124 valence electrons. The Balaban J connectivity index is 1.70. The average Bonchev–Trinajstić information content (AvgIpc) is 3.13. The summed E-state index contributed by atoms with van der Waals surface area (Å²) in [5.74, 6) is 0.858. The molecule has 0 fully saturated rings. The highest BCUT2D eigenvalue weighted by Crippen LogP contribution is 2.52. The lowest BCUT2D eigenvalue weighted by Gasteiger charge is -2.38. The molecule has 1 N–H and O–H groups in total. The van der Waals surface area contributed by atoms with E-state index in [-0.39, 0.29) is 6.04 Å². The maximum Gasteiger partial charge on any atom is 0.0645 e. The van der Waals surface area contributed by atoms with Gasteiger partial charge in [0.15, 0.2) is 0 Å². The molecule has 3 heteroatoms. The largest absolute Gasteiger partial charge is 0.378 e. The molecule has 1 aliphatic carbocycles. The third-order valence-electron chi connectivity index (χ3n) is 5.57. The first-order valence-corrected chi connectivity index (χ1v) is 9.38. The van der Waals surface area contributed by atoms with Gasteiger partial charge < -0.3 is 5.32 Å². The molecule has 3 atom stereocenters. The standard InChI is InChI=1S/C22H17Cl2N/c23-18-10-4-9-17(21(18)24)22-16-8-3-7-15(16)20-14-6-2-1-5-13(14)11-12-19(20)25-22/h1-7,9-12,15-16,22,25H,8H2. The number of hydrogen-bond acceptors (Lipinski definition) is 1. The van der Waals surface area contributed by atoms with Gasteiger partial charge in [0.05, 0.1) is 16.1 Å². The molecule has 0 bridgehead atoms. The van der Waals surface area contributed by atoms with Gasteiger partial charge in [-0.25, -0.2) is 0 Å². The summed E-state index contributed by atoms with van der Waals surface area (Å²) in [5, 5.41) is 7.67. The van der Waals surface area contributed by atoms with Crippen molar-refractivity contribution in [1.82, 2.24) is 0 Å². The smallest absolute Gasteiger partial charge is 0.0645 e. The van der Waals surface area contributed by atoms with Gasteiger partial charge in [-0.05, 0) is 46.4 Å². The summed E-state index contributed by atoms with van der Waals surface area (Å²) in [6.07, 6.45) is 5.72. The summed E-state index contributed by atoms with van der Waals surface area (Å²) in [5.41, 5.74) is 3.70. The second-order valence-corrected chi connectivity index (χ2v) is 7.65. The Kier molecular flexibility index (Phi) is 3.55. The number of benzene rings is 3. The van der Waals surface area contributed by atoms with Crippen LogP contribution in [-0.4, -0.2) is 0 Å². The molecule has 0 saturated carbocycles. The highest BCUT2D eigenvalue weighted by Gasteiger charge is 2.39. The van der Waals surface area contributed by atoms with Crippen molar-refractivity contribution < 1.29 is 0 Å². The van der Waals surface area contributed by atoms with E-state index in [0.717, 1.165) is 12.0 Å². The Morgan fingerprint density at radius 1 is 0.920 bits per heavy atom. The van der Waals surface area contributed by atoms with E-state index in [1.54, 1.807) is 0 Å². The maximum absolute atomic E-state index is 6.55. The van der Waals surface area contributed by atoms with Crippen molar-refractivity contribution in [2.24, 2.45) is 5.92 Å². The average molecular weight is 366 g/mol. The van der Waals surface area contributed by atoms with Crippen LogP contribution in [0.5, 0.6) is 0 Å². The van der Waals surface area contributed by atoms with Gasteiger partial charge >= 0.3 is 0 Å². The molecule has 1 nitrogen and oxygen atoms in total. The molecule has 2 aliphatic rings. The molecule has 0 saturated heterocycles. The molecular weight excluding hydrogens is 349 g/mol. The van der Waals surface area contributed by atoms with Crippen LogP contribution in [0.4, 0.5) is 5.69 Å². The van der Waals surface area contributed by atoms with Crippen LogP contribution in [0.15, 0.2) is 66.7 Å². The summed E-state index contributed by atoms with van der Waals surface area (Å²) in [7, 11) is 0. The lowest BCUT2D eigenvalue weighted by atomic mass is 9.75. The van der Waals surface area contributed by atoms with Crippen LogP contribution >= 0.6 is 23.2 Å². The molecule has 3 aromatic carbocycles. The van der Waals surface area contributed by atoms with E-state index in [1.807, 2.05) is 12.1 Å². The van der Waals surface area contributed by atoms with E-state index in [0.29, 0.717) is 21.9 Å². The molecule has 0 radical (unpaired) electrons. The molecular formula is C22H17Cl2N. The number of hydrogen-bond donors (Lipinski definition) is 1. The minimum Gasteiger partial charge on any atom is -0.378 e. The van der Waals surface area contributed by atoms with Crippen molar-refractivity contribution in [3.05, 3.63) is 87.9 Å². The predicted molar refractivity (Wildman–Crippen MR) is 107 cm³/mol. The fourth-order valence-electron chi connectivity index (χ4n) is 4.45. The SMILES string of the molecule is Clc1cccc(C2Nc3ccc4ccccc4c3C3C=CCC32)c1Cl. The second-order valence-electron chi connectivity index (χ2n) is 6.87. The van der Waals surface area contributed by atoms with Crippen LogP contribution in [0.25, 0.3) is 10.8 Å². The van der Waals surface area contributed by atoms with Crippen LogP contribution in [0.2, 0.25) is 10.0 Å². The molecule has 0 spiro atoms. The van der Waals surface area contributed by atoms with Crippen molar-refractivity contribution in [3.8, 4) is 0 Å². The van der Waals surface area contributed by atoms with Gasteiger partial charge in [-0.3, -0.25) is 0 Å². The molecule has 1 heterocycles. The minimum absolute atomic E-state index is 0.167. The van der Waals surface area contributed by atoms with E-state index in [9.17, 15) is 0 Å². The number of rotatable bonds is 1. The van der Waals surface area contributed by atoms with E-state index in [2.05, 4.69) is 59.9 Å². The van der Waals surface area contributed by atoms with Crippen molar-refractivity contribution in [2.45, 2.75) is 18.4 Å². The normalized spacial score (nSPS) is 24.0. The van der Waals surface area contributed by atoms with Gasteiger partial charge in [0, 0.05) is 11.6 Å². The van der Waals surface area contributed by atoms with Gasteiger partial charge in [0.2, 0.25) is 0 Å². The van der Waals surface area contributed by atoms with Gasteiger partial charge in [-0.15, -0.1) is 0 Å². The van der Waals surface area contributed by atoms with Crippen LogP contribution in [0, 0.1) is 5.92 Å². The lowest BCUT2D eigenvalue weighted by Crippen LogP contribution is -2.29. The first-order chi connectivity index (χ1) is 12.2. The first kappa shape index (κ1) is 15.3. The summed E-state index contributed by atoms with van der Waals surface area (Å²) >= 11 is 12.8. The molecule has 1 aliphatic heterocycles. The Bertz CT molecular complexity index is 1010. The third-order valence-corrected chi connectivity index (χ3v) is 6.41. The third kappa shape index (κ3) is 2.30. The molecule has 0 amide bonds. The monoisotopic (exact) mass is 365 g/mol. The zero-order valence-electron chi connectivity index (χ0n) is 13.5. The Hall–Kier alpha value is -1.96. The van der Waals surface area contributed by atoms with Gasteiger partial charge in [0.1, 0.15) is 0 Å². The van der Waals surface area contributed by atoms with E-state index >= 15 is 0 Å². The predicted octanol–water partition coefficient (Wildman–Crippen LogP) is 6.97. The van der Waals surface area contributed by atoms with Gasteiger partial charge in [-0.2, -0.15) is 0 Å².